The van der Waals surface area contributed by atoms with Crippen LogP contribution < -0.4 is 10.5 Å². The molecule has 0 N–H and O–H groups in total. The monoisotopic (exact) mass is 327 g/mol. The Balaban J connectivity index is 2.26. The molecule has 0 aliphatic carbocycles. The topological polar surface area (TPSA) is 38.1 Å². The summed E-state index contributed by atoms with van der Waals surface area (Å²) >= 11 is 5.07. The lowest BCUT2D eigenvalue weighted by Crippen LogP contribution is -2.25. The fourth-order valence-electron chi connectivity index (χ4n) is 1.51. The van der Waals surface area contributed by atoms with E-state index < -0.39 is 0 Å². The smallest absolute Gasteiger partial charge is 0.269 e. The van der Waals surface area contributed by atoms with Crippen LogP contribution in [0.15, 0.2) is 33.0 Å². The van der Waals surface area contributed by atoms with E-state index in [2.05, 4.69) is 21.0 Å². The summed E-state index contributed by atoms with van der Waals surface area (Å²) in [6, 6.07) is 3.60. The first-order valence-corrected chi connectivity index (χ1v) is 7.29. The molecule has 18 heavy (non-hydrogen) atoms. The van der Waals surface area contributed by atoms with Gasteiger partial charge in [-0.25, -0.2) is 4.68 Å². The van der Waals surface area contributed by atoms with E-state index in [0.29, 0.717) is 6.54 Å². The summed E-state index contributed by atoms with van der Waals surface area (Å²) in [5, 5.41) is 6.20. The van der Waals surface area contributed by atoms with Crippen molar-refractivity contribution in [3.8, 4) is 0 Å². The molecule has 0 aromatic carbocycles. The van der Waals surface area contributed by atoms with Crippen molar-refractivity contribution >= 4 is 33.0 Å². The van der Waals surface area contributed by atoms with Crippen molar-refractivity contribution < 1.29 is 0 Å². The molecular formula is C12H14BrN3OS. The number of aromatic nitrogens is 2. The van der Waals surface area contributed by atoms with E-state index in [1.807, 2.05) is 30.3 Å². The summed E-state index contributed by atoms with van der Waals surface area (Å²) in [5.41, 5.74) is 0.775. The largest absolute Gasteiger partial charge is 0.373 e. The number of rotatable bonds is 4. The van der Waals surface area contributed by atoms with E-state index in [9.17, 15) is 4.79 Å². The minimum Gasteiger partial charge on any atom is -0.373 e. The highest BCUT2D eigenvalue weighted by Crippen LogP contribution is 2.22. The molecule has 0 amide bonds. The van der Waals surface area contributed by atoms with Gasteiger partial charge in [-0.15, -0.1) is 11.3 Å². The third kappa shape index (κ3) is 2.81. The Morgan fingerprint density at radius 3 is 2.89 bits per heavy atom. The average Bonchev–Trinajstić information content (AvgIpc) is 2.76. The van der Waals surface area contributed by atoms with Gasteiger partial charge < -0.3 is 4.90 Å². The summed E-state index contributed by atoms with van der Waals surface area (Å²) in [7, 11) is 1.94. The van der Waals surface area contributed by atoms with E-state index in [1.54, 1.807) is 23.6 Å². The van der Waals surface area contributed by atoms with Gasteiger partial charge in [0.2, 0.25) is 0 Å². The van der Waals surface area contributed by atoms with Crippen molar-refractivity contribution in [1.82, 2.24) is 9.78 Å². The van der Waals surface area contributed by atoms with Crippen molar-refractivity contribution in [3.63, 3.8) is 0 Å². The molecule has 0 saturated heterocycles. The van der Waals surface area contributed by atoms with Gasteiger partial charge in [0.25, 0.3) is 5.56 Å². The molecule has 2 aromatic rings. The first-order chi connectivity index (χ1) is 8.61. The van der Waals surface area contributed by atoms with E-state index in [-0.39, 0.29) is 5.56 Å². The van der Waals surface area contributed by atoms with Crippen molar-refractivity contribution in [2.75, 3.05) is 18.5 Å². The third-order valence-electron chi connectivity index (χ3n) is 2.75. The third-order valence-corrected chi connectivity index (χ3v) is 4.67. The van der Waals surface area contributed by atoms with Crippen molar-refractivity contribution in [3.05, 3.63) is 43.4 Å². The number of nitrogens with zero attached hydrogens (tertiary/aromatic N) is 3. The van der Waals surface area contributed by atoms with Crippen LogP contribution in [0.25, 0.3) is 0 Å². The van der Waals surface area contributed by atoms with Crippen LogP contribution in [0.3, 0.4) is 0 Å². The number of hydrogen-bond acceptors (Lipinski definition) is 4. The van der Waals surface area contributed by atoms with Crippen LogP contribution in [0.1, 0.15) is 11.8 Å². The van der Waals surface area contributed by atoms with Crippen LogP contribution in [-0.2, 0) is 6.54 Å². The minimum atomic E-state index is -0.0758. The van der Waals surface area contributed by atoms with Crippen molar-refractivity contribution in [2.24, 2.45) is 0 Å². The highest BCUT2D eigenvalue weighted by Gasteiger charge is 2.06. The first-order valence-electron chi connectivity index (χ1n) is 5.62. The Hall–Kier alpha value is -1.14. The molecule has 0 aliphatic rings. The lowest BCUT2D eigenvalue weighted by atomic mass is 10.4. The van der Waals surface area contributed by atoms with Crippen LogP contribution in [0, 0.1) is 0 Å². The Bertz CT molecular complexity index is 593. The molecule has 0 saturated carbocycles. The molecule has 2 rings (SSSR count). The Morgan fingerprint density at radius 1 is 1.56 bits per heavy atom. The molecule has 0 aliphatic heterocycles. The maximum Gasteiger partial charge on any atom is 0.269 e. The molecule has 0 unspecified atom stereocenters. The summed E-state index contributed by atoms with van der Waals surface area (Å²) in [6.45, 7) is 3.39. The van der Waals surface area contributed by atoms with Crippen LogP contribution in [-0.4, -0.2) is 23.4 Å². The van der Waals surface area contributed by atoms with Crippen molar-refractivity contribution in [2.45, 2.75) is 13.5 Å². The quantitative estimate of drug-likeness (QED) is 0.866. The van der Waals surface area contributed by atoms with Gasteiger partial charge in [-0.2, -0.15) is 5.10 Å². The molecule has 2 heterocycles. The fourth-order valence-corrected chi connectivity index (χ4v) is 2.97. The normalized spacial score (nSPS) is 10.6. The SMILES string of the molecule is CCN(C)c1cnn(Cc2sccc2Br)c(=O)c1. The number of hydrogen-bond donors (Lipinski definition) is 0. The molecule has 0 radical (unpaired) electrons. The Kier molecular flexibility index (Phi) is 4.19. The van der Waals surface area contributed by atoms with Gasteiger partial charge >= 0.3 is 0 Å². The second-order valence-corrected chi connectivity index (χ2v) is 5.77. The molecule has 0 bridgehead atoms. The zero-order valence-electron chi connectivity index (χ0n) is 10.3. The first kappa shape index (κ1) is 13.3. The average molecular weight is 328 g/mol. The molecule has 96 valence electrons. The molecule has 2 aromatic heterocycles. The number of thiophene rings is 1. The van der Waals surface area contributed by atoms with Crippen LogP contribution in [0.4, 0.5) is 5.69 Å². The molecular weight excluding hydrogens is 314 g/mol. The van der Waals surface area contributed by atoms with E-state index in [1.165, 1.54) is 4.68 Å². The molecule has 4 nitrogen and oxygen atoms in total. The molecule has 6 heteroatoms. The maximum atomic E-state index is 12.0. The van der Waals surface area contributed by atoms with Gasteiger partial charge in [0.05, 0.1) is 18.4 Å². The van der Waals surface area contributed by atoms with Gasteiger partial charge in [0.1, 0.15) is 0 Å². The Morgan fingerprint density at radius 2 is 2.33 bits per heavy atom. The van der Waals surface area contributed by atoms with E-state index in [4.69, 9.17) is 0 Å². The predicted octanol–water partition coefficient (Wildman–Crippen LogP) is 2.57. The van der Waals surface area contributed by atoms with Crippen LogP contribution >= 0.6 is 27.3 Å². The minimum absolute atomic E-state index is 0.0758. The Labute approximate surface area is 118 Å². The summed E-state index contributed by atoms with van der Waals surface area (Å²) < 4.78 is 2.50. The summed E-state index contributed by atoms with van der Waals surface area (Å²) in [4.78, 5) is 15.0. The van der Waals surface area contributed by atoms with Crippen molar-refractivity contribution in [1.29, 1.82) is 0 Å². The number of halogens is 1. The predicted molar refractivity (Wildman–Crippen MR) is 78.6 cm³/mol. The zero-order chi connectivity index (χ0) is 13.1. The second kappa shape index (κ2) is 5.67. The molecule has 0 fully saturated rings. The molecule has 0 spiro atoms. The standard InChI is InChI=1S/C12H14BrN3OS/c1-3-15(2)9-6-12(17)16(14-7-9)8-11-10(13)4-5-18-11/h4-7H,3,8H2,1-2H3. The van der Waals surface area contributed by atoms with Gasteiger partial charge in [0, 0.05) is 29.0 Å². The van der Waals surface area contributed by atoms with Gasteiger partial charge in [-0.1, -0.05) is 0 Å². The van der Waals surface area contributed by atoms with E-state index >= 15 is 0 Å². The zero-order valence-corrected chi connectivity index (χ0v) is 12.7. The van der Waals surface area contributed by atoms with Gasteiger partial charge in [-0.3, -0.25) is 4.79 Å². The summed E-state index contributed by atoms with van der Waals surface area (Å²) in [6.07, 6.45) is 1.73. The maximum absolute atomic E-state index is 12.0. The van der Waals surface area contributed by atoms with Gasteiger partial charge in [0.15, 0.2) is 0 Å². The lowest BCUT2D eigenvalue weighted by molar-refractivity contribution is 0.642. The summed E-state index contributed by atoms with van der Waals surface area (Å²) in [5.74, 6) is 0. The fraction of sp³-hybridized carbons (Fsp3) is 0.333. The molecule has 0 atom stereocenters. The van der Waals surface area contributed by atoms with E-state index in [0.717, 1.165) is 21.6 Å². The number of anilines is 1. The van der Waals surface area contributed by atoms with Crippen LogP contribution in [0.2, 0.25) is 0 Å². The van der Waals surface area contributed by atoms with Gasteiger partial charge in [-0.05, 0) is 34.3 Å². The second-order valence-electron chi connectivity index (χ2n) is 3.92. The highest BCUT2D eigenvalue weighted by molar-refractivity contribution is 9.10. The van der Waals surface area contributed by atoms with Crippen LogP contribution in [0.5, 0.6) is 0 Å². The lowest BCUT2D eigenvalue weighted by Gasteiger charge is -2.16. The highest BCUT2D eigenvalue weighted by atomic mass is 79.9.